The van der Waals surface area contributed by atoms with E-state index in [0.717, 1.165) is 85.9 Å². The predicted octanol–water partition coefficient (Wildman–Crippen LogP) is 4.55. The smallest absolute Gasteiger partial charge is 0.254 e. The average Bonchev–Trinajstić information content (AvgIpc) is 3.26. The Kier molecular flexibility index (Phi) is 5.99. The molecule has 36 heavy (non-hydrogen) atoms. The van der Waals surface area contributed by atoms with Gasteiger partial charge in [-0.2, -0.15) is 5.26 Å². The first kappa shape index (κ1) is 23.1. The predicted molar refractivity (Wildman–Crippen MR) is 138 cm³/mol. The molecule has 1 amide bonds. The van der Waals surface area contributed by atoms with E-state index in [9.17, 15) is 15.2 Å². The third-order valence-electron chi connectivity index (χ3n) is 8.63. The highest BCUT2D eigenvalue weighted by Gasteiger charge is 2.40. The lowest BCUT2D eigenvalue weighted by Gasteiger charge is -2.37. The largest absolute Gasteiger partial charge is 0.391 e. The van der Waals surface area contributed by atoms with Crippen molar-refractivity contribution in [1.29, 1.82) is 5.26 Å². The van der Waals surface area contributed by atoms with Crippen LogP contribution >= 0.6 is 0 Å². The normalized spacial score (nSPS) is 24.0. The molecule has 1 unspecified atom stereocenters. The Morgan fingerprint density at radius 2 is 1.81 bits per heavy atom. The molecule has 6 rings (SSSR count). The number of aliphatic hydroxyl groups is 1. The molecular formula is C30H32N4O2. The van der Waals surface area contributed by atoms with Crippen LogP contribution in [0.15, 0.2) is 54.7 Å². The number of carbonyl (C=O) groups is 1. The second kappa shape index (κ2) is 9.31. The van der Waals surface area contributed by atoms with Crippen LogP contribution in [-0.2, 0) is 18.5 Å². The summed E-state index contributed by atoms with van der Waals surface area (Å²) in [5.41, 5.74) is 3.37. The van der Waals surface area contributed by atoms with Gasteiger partial charge in [0.25, 0.3) is 5.91 Å². The molecule has 3 heterocycles. The Morgan fingerprint density at radius 3 is 2.53 bits per heavy atom. The van der Waals surface area contributed by atoms with Gasteiger partial charge in [-0.1, -0.05) is 43.2 Å². The van der Waals surface area contributed by atoms with Gasteiger partial charge in [-0.05, 0) is 65.8 Å². The summed E-state index contributed by atoms with van der Waals surface area (Å²) in [4.78, 5) is 22.4. The van der Waals surface area contributed by atoms with E-state index in [4.69, 9.17) is 0 Å². The Bertz CT molecular complexity index is 1320. The van der Waals surface area contributed by atoms with Gasteiger partial charge in [0.1, 0.15) is 5.41 Å². The summed E-state index contributed by atoms with van der Waals surface area (Å²) in [7, 11) is 0. The summed E-state index contributed by atoms with van der Waals surface area (Å²) >= 11 is 0. The first-order valence-corrected chi connectivity index (χ1v) is 13.2. The molecule has 0 bridgehead atoms. The summed E-state index contributed by atoms with van der Waals surface area (Å²) in [6.45, 7) is 2.94. The van der Waals surface area contributed by atoms with Crippen LogP contribution in [-0.4, -0.2) is 51.0 Å². The molecule has 1 saturated heterocycles. The van der Waals surface area contributed by atoms with Crippen molar-refractivity contribution in [2.24, 2.45) is 0 Å². The fourth-order valence-corrected chi connectivity index (χ4v) is 6.53. The van der Waals surface area contributed by atoms with Crippen LogP contribution in [0.1, 0.15) is 65.7 Å². The molecule has 184 valence electrons. The van der Waals surface area contributed by atoms with Crippen LogP contribution in [0.5, 0.6) is 0 Å². The van der Waals surface area contributed by atoms with Crippen LogP contribution in [0.25, 0.3) is 10.8 Å². The van der Waals surface area contributed by atoms with Gasteiger partial charge in [0.15, 0.2) is 0 Å². The topological polar surface area (TPSA) is 80.5 Å². The number of fused-ring (bicyclic) bond motifs is 3. The number of rotatable bonds is 4. The van der Waals surface area contributed by atoms with E-state index in [-0.39, 0.29) is 11.9 Å². The average molecular weight is 481 g/mol. The van der Waals surface area contributed by atoms with Crippen LogP contribution in [0.4, 0.5) is 0 Å². The molecule has 3 aromatic rings. The van der Waals surface area contributed by atoms with Gasteiger partial charge >= 0.3 is 0 Å². The SMILES string of the molecule is N#CC1(c2ccccn2)CCN(Cc2cc3c(c4ccccc24)CN(C2CCCC[C@H]2O)C3=O)CC1. The Morgan fingerprint density at radius 1 is 1.06 bits per heavy atom. The first-order valence-electron chi connectivity index (χ1n) is 13.2. The van der Waals surface area contributed by atoms with Crippen molar-refractivity contribution in [3.05, 3.63) is 77.1 Å². The van der Waals surface area contributed by atoms with Gasteiger partial charge in [0, 0.05) is 37.9 Å². The minimum atomic E-state index is -0.533. The maximum Gasteiger partial charge on any atom is 0.254 e. The maximum absolute atomic E-state index is 13.6. The molecule has 2 atom stereocenters. The molecule has 6 heteroatoms. The summed E-state index contributed by atoms with van der Waals surface area (Å²) in [5, 5.41) is 23.0. The van der Waals surface area contributed by atoms with Crippen molar-refractivity contribution in [1.82, 2.24) is 14.8 Å². The van der Waals surface area contributed by atoms with E-state index in [0.29, 0.717) is 6.54 Å². The molecule has 1 aromatic heterocycles. The number of hydrogen-bond acceptors (Lipinski definition) is 5. The van der Waals surface area contributed by atoms with E-state index < -0.39 is 11.5 Å². The number of aromatic nitrogens is 1. The lowest BCUT2D eigenvalue weighted by Crippen LogP contribution is -2.45. The second-order valence-corrected chi connectivity index (χ2v) is 10.6. The molecule has 2 aliphatic heterocycles. The number of carbonyl (C=O) groups excluding carboxylic acids is 1. The fraction of sp³-hybridized carbons (Fsp3) is 0.433. The quantitative estimate of drug-likeness (QED) is 0.593. The fourth-order valence-electron chi connectivity index (χ4n) is 6.53. The zero-order valence-electron chi connectivity index (χ0n) is 20.6. The highest BCUT2D eigenvalue weighted by Crippen LogP contribution is 2.38. The second-order valence-electron chi connectivity index (χ2n) is 10.6. The molecule has 2 fully saturated rings. The molecule has 6 nitrogen and oxygen atoms in total. The van der Waals surface area contributed by atoms with E-state index in [1.165, 1.54) is 5.39 Å². The number of nitriles is 1. The van der Waals surface area contributed by atoms with Crippen LogP contribution in [0.3, 0.4) is 0 Å². The van der Waals surface area contributed by atoms with Crippen molar-refractivity contribution in [3.8, 4) is 6.07 Å². The van der Waals surface area contributed by atoms with E-state index >= 15 is 0 Å². The first-order chi connectivity index (χ1) is 17.6. The number of piperidine rings is 1. The number of hydrogen-bond donors (Lipinski definition) is 1. The molecule has 2 aromatic carbocycles. The Labute approximate surface area is 212 Å². The number of aliphatic hydroxyl groups excluding tert-OH is 1. The van der Waals surface area contributed by atoms with Crippen molar-refractivity contribution in [2.45, 2.75) is 69.2 Å². The van der Waals surface area contributed by atoms with E-state index in [1.54, 1.807) is 6.20 Å². The molecule has 3 aliphatic rings. The van der Waals surface area contributed by atoms with Crippen molar-refractivity contribution in [2.75, 3.05) is 13.1 Å². The zero-order valence-corrected chi connectivity index (χ0v) is 20.6. The molecule has 0 spiro atoms. The van der Waals surface area contributed by atoms with Crippen molar-refractivity contribution in [3.63, 3.8) is 0 Å². The highest BCUT2D eigenvalue weighted by molar-refractivity contribution is 6.05. The van der Waals surface area contributed by atoms with Gasteiger partial charge in [0.2, 0.25) is 0 Å². The standard InChI is InChI=1S/C30H32N4O2/c31-20-30(28-11-5-6-14-32-28)12-15-33(16-13-30)18-21-17-24-25(23-8-2-1-7-22(21)23)19-34(29(24)36)26-9-3-4-10-27(26)35/h1-2,5-8,11,14,17,26-27,35H,3-4,9-10,12-13,15-16,18-19H2/t26?,27-/m1/s1. The van der Waals surface area contributed by atoms with Crippen LogP contribution in [0.2, 0.25) is 0 Å². The minimum Gasteiger partial charge on any atom is -0.391 e. The summed E-state index contributed by atoms with van der Waals surface area (Å²) in [6, 6.07) is 18.8. The number of likely N-dealkylation sites (tertiary alicyclic amines) is 1. The van der Waals surface area contributed by atoms with E-state index in [1.807, 2.05) is 29.2 Å². The van der Waals surface area contributed by atoms with Gasteiger partial charge in [-0.3, -0.25) is 14.7 Å². The number of pyridine rings is 1. The summed E-state index contributed by atoms with van der Waals surface area (Å²) in [5.74, 6) is 0.0558. The van der Waals surface area contributed by atoms with Gasteiger partial charge in [-0.15, -0.1) is 0 Å². The van der Waals surface area contributed by atoms with Gasteiger partial charge in [0.05, 0.1) is 23.9 Å². The monoisotopic (exact) mass is 480 g/mol. The van der Waals surface area contributed by atoms with Crippen molar-refractivity contribution < 1.29 is 9.90 Å². The number of amides is 1. The lowest BCUT2D eigenvalue weighted by atomic mass is 9.76. The Balaban J connectivity index is 1.27. The summed E-state index contributed by atoms with van der Waals surface area (Å²) < 4.78 is 0. The molecule has 0 radical (unpaired) electrons. The highest BCUT2D eigenvalue weighted by atomic mass is 16.3. The van der Waals surface area contributed by atoms with Crippen LogP contribution < -0.4 is 0 Å². The Hall–Kier alpha value is -3.27. The minimum absolute atomic E-state index is 0.0558. The number of nitrogens with zero attached hydrogens (tertiary/aromatic N) is 4. The van der Waals surface area contributed by atoms with E-state index in [2.05, 4.69) is 40.2 Å². The zero-order chi connectivity index (χ0) is 24.7. The molecule has 1 saturated carbocycles. The van der Waals surface area contributed by atoms with Gasteiger partial charge in [-0.25, -0.2) is 0 Å². The lowest BCUT2D eigenvalue weighted by molar-refractivity contribution is 0.0192. The third kappa shape index (κ3) is 3.87. The van der Waals surface area contributed by atoms with Crippen molar-refractivity contribution >= 4 is 16.7 Å². The van der Waals surface area contributed by atoms with Gasteiger partial charge < -0.3 is 10.0 Å². The molecule has 1 aliphatic carbocycles. The number of benzene rings is 2. The molecule has 1 N–H and O–H groups in total. The molecular weight excluding hydrogens is 448 g/mol. The third-order valence-corrected chi connectivity index (χ3v) is 8.63. The maximum atomic E-state index is 13.6. The van der Waals surface area contributed by atoms with Crippen LogP contribution in [0, 0.1) is 11.3 Å². The summed E-state index contributed by atoms with van der Waals surface area (Å²) in [6.07, 6.45) is 6.56.